The molecule has 0 aromatic heterocycles. The standard InChI is InChI=1S/C8H9FN4O/c9-7-3-1-2-6(4-7)5-11-13-8(14)12-10/h1-5H,10H2,(H2,12,13,14). The molecule has 1 rings (SSSR count). The number of amides is 2. The Hall–Kier alpha value is -1.95. The van der Waals surface area contributed by atoms with Crippen molar-refractivity contribution in [1.29, 1.82) is 0 Å². The maximum atomic E-state index is 12.6. The predicted molar refractivity (Wildman–Crippen MR) is 49.8 cm³/mol. The van der Waals surface area contributed by atoms with E-state index in [1.807, 2.05) is 5.43 Å². The van der Waals surface area contributed by atoms with Crippen LogP contribution in [0.15, 0.2) is 29.4 Å². The third-order valence-corrected chi connectivity index (χ3v) is 1.36. The van der Waals surface area contributed by atoms with Crippen molar-refractivity contribution in [3.8, 4) is 0 Å². The number of carbonyl (C=O) groups excluding carboxylic acids is 1. The molecule has 0 fully saturated rings. The second kappa shape index (κ2) is 4.93. The fourth-order valence-corrected chi connectivity index (χ4v) is 0.785. The molecule has 1 aromatic rings. The highest BCUT2D eigenvalue weighted by atomic mass is 19.1. The van der Waals surface area contributed by atoms with Crippen LogP contribution in [-0.2, 0) is 0 Å². The van der Waals surface area contributed by atoms with Gasteiger partial charge in [0.2, 0.25) is 0 Å². The van der Waals surface area contributed by atoms with Crippen LogP contribution >= 0.6 is 0 Å². The van der Waals surface area contributed by atoms with Gasteiger partial charge in [0.15, 0.2) is 0 Å². The highest BCUT2D eigenvalue weighted by Gasteiger charge is 1.92. The molecule has 0 radical (unpaired) electrons. The van der Waals surface area contributed by atoms with Crippen LogP contribution in [0, 0.1) is 5.82 Å². The van der Waals surface area contributed by atoms with Crippen molar-refractivity contribution in [3.05, 3.63) is 35.6 Å². The summed E-state index contributed by atoms with van der Waals surface area (Å²) >= 11 is 0. The molecule has 2 amide bonds. The number of halogens is 1. The lowest BCUT2D eigenvalue weighted by Crippen LogP contribution is -2.37. The van der Waals surface area contributed by atoms with E-state index in [1.165, 1.54) is 18.3 Å². The quantitative estimate of drug-likeness (QED) is 0.276. The van der Waals surface area contributed by atoms with Crippen molar-refractivity contribution in [2.24, 2.45) is 10.9 Å². The first-order valence-electron chi connectivity index (χ1n) is 3.77. The number of nitrogens with one attached hydrogen (secondary N) is 2. The lowest BCUT2D eigenvalue weighted by Gasteiger charge is -1.96. The van der Waals surface area contributed by atoms with Gasteiger partial charge in [0.05, 0.1) is 6.21 Å². The summed E-state index contributed by atoms with van der Waals surface area (Å²) in [6.45, 7) is 0. The second-order valence-electron chi connectivity index (χ2n) is 2.40. The van der Waals surface area contributed by atoms with Crippen LogP contribution < -0.4 is 16.7 Å². The fraction of sp³-hybridized carbons (Fsp3) is 0. The minimum Gasteiger partial charge on any atom is -0.274 e. The average molecular weight is 196 g/mol. The zero-order chi connectivity index (χ0) is 10.4. The summed E-state index contributed by atoms with van der Waals surface area (Å²) in [5.41, 5.74) is 4.44. The topological polar surface area (TPSA) is 79.5 Å². The number of carbonyl (C=O) groups is 1. The number of hydrazone groups is 1. The molecule has 5 nitrogen and oxygen atoms in total. The monoisotopic (exact) mass is 196 g/mol. The number of benzene rings is 1. The van der Waals surface area contributed by atoms with Gasteiger partial charge in [-0.05, 0) is 17.7 Å². The van der Waals surface area contributed by atoms with Crippen LogP contribution in [0.25, 0.3) is 0 Å². The highest BCUT2D eigenvalue weighted by molar-refractivity contribution is 5.81. The smallest absolute Gasteiger partial charge is 0.274 e. The van der Waals surface area contributed by atoms with E-state index in [0.717, 1.165) is 0 Å². The summed E-state index contributed by atoms with van der Waals surface area (Å²) in [6.07, 6.45) is 1.30. The van der Waals surface area contributed by atoms with E-state index >= 15 is 0 Å². The highest BCUT2D eigenvalue weighted by Crippen LogP contribution is 1.99. The Bertz CT molecular complexity index is 353. The molecule has 0 spiro atoms. The van der Waals surface area contributed by atoms with Crippen LogP contribution in [0.5, 0.6) is 0 Å². The molecule has 0 bridgehead atoms. The third-order valence-electron chi connectivity index (χ3n) is 1.36. The van der Waals surface area contributed by atoms with E-state index in [4.69, 9.17) is 5.84 Å². The predicted octanol–water partition coefficient (Wildman–Crippen LogP) is 0.333. The molecule has 0 atom stereocenters. The van der Waals surface area contributed by atoms with Gasteiger partial charge in [-0.1, -0.05) is 12.1 Å². The van der Waals surface area contributed by atoms with E-state index in [1.54, 1.807) is 12.1 Å². The first kappa shape index (κ1) is 10.1. The minimum atomic E-state index is -0.641. The Morgan fingerprint density at radius 3 is 3.00 bits per heavy atom. The maximum absolute atomic E-state index is 12.6. The van der Waals surface area contributed by atoms with E-state index in [9.17, 15) is 9.18 Å². The number of hydrogen-bond donors (Lipinski definition) is 3. The van der Waals surface area contributed by atoms with Crippen molar-refractivity contribution >= 4 is 12.2 Å². The van der Waals surface area contributed by atoms with Crippen LogP contribution in [0.4, 0.5) is 9.18 Å². The van der Waals surface area contributed by atoms with Gasteiger partial charge in [-0.2, -0.15) is 5.10 Å². The van der Waals surface area contributed by atoms with Crippen molar-refractivity contribution in [3.63, 3.8) is 0 Å². The van der Waals surface area contributed by atoms with E-state index < -0.39 is 6.03 Å². The Kier molecular flexibility index (Phi) is 3.57. The zero-order valence-electron chi connectivity index (χ0n) is 7.20. The molecule has 74 valence electrons. The molecule has 14 heavy (non-hydrogen) atoms. The molecule has 0 saturated heterocycles. The van der Waals surface area contributed by atoms with Crippen LogP contribution in [-0.4, -0.2) is 12.2 Å². The summed E-state index contributed by atoms with van der Waals surface area (Å²) in [5.74, 6) is 4.42. The number of hydrogen-bond acceptors (Lipinski definition) is 3. The van der Waals surface area contributed by atoms with Crippen molar-refractivity contribution < 1.29 is 9.18 Å². The van der Waals surface area contributed by atoms with Gasteiger partial charge in [0, 0.05) is 0 Å². The van der Waals surface area contributed by atoms with E-state index in [0.29, 0.717) is 5.56 Å². The summed E-state index contributed by atoms with van der Waals surface area (Å²) in [7, 11) is 0. The first-order chi connectivity index (χ1) is 6.72. The second-order valence-corrected chi connectivity index (χ2v) is 2.40. The van der Waals surface area contributed by atoms with Gasteiger partial charge in [0.1, 0.15) is 5.82 Å². The van der Waals surface area contributed by atoms with E-state index in [-0.39, 0.29) is 5.82 Å². The molecule has 1 aromatic carbocycles. The third kappa shape index (κ3) is 3.20. The normalized spacial score (nSPS) is 10.1. The Labute approximate surface area is 79.8 Å². The SMILES string of the molecule is NNC(=O)NN=Cc1cccc(F)c1. The number of urea groups is 1. The fourth-order valence-electron chi connectivity index (χ4n) is 0.785. The van der Waals surface area contributed by atoms with Gasteiger partial charge in [0.25, 0.3) is 0 Å². The molecule has 0 aliphatic rings. The summed E-state index contributed by atoms with van der Waals surface area (Å²) in [6, 6.07) is 5.15. The molecule has 0 unspecified atom stereocenters. The van der Waals surface area contributed by atoms with Gasteiger partial charge in [-0.25, -0.2) is 20.5 Å². The number of nitrogens with two attached hydrogens (primary N) is 1. The van der Waals surface area contributed by atoms with Crippen LogP contribution in [0.1, 0.15) is 5.56 Å². The van der Waals surface area contributed by atoms with Gasteiger partial charge >= 0.3 is 6.03 Å². The Morgan fingerprint density at radius 2 is 2.36 bits per heavy atom. The lowest BCUT2D eigenvalue weighted by atomic mass is 10.2. The number of nitrogens with zero attached hydrogens (tertiary/aromatic N) is 1. The molecule has 6 heteroatoms. The largest absolute Gasteiger partial charge is 0.349 e. The molecule has 0 aliphatic carbocycles. The van der Waals surface area contributed by atoms with Crippen LogP contribution in [0.2, 0.25) is 0 Å². The maximum Gasteiger partial charge on any atom is 0.349 e. The van der Waals surface area contributed by atoms with Crippen molar-refractivity contribution in [1.82, 2.24) is 10.9 Å². The molecule has 0 heterocycles. The number of rotatable bonds is 2. The lowest BCUT2D eigenvalue weighted by molar-refractivity contribution is 0.241. The minimum absolute atomic E-state index is 0.364. The molecular weight excluding hydrogens is 187 g/mol. The average Bonchev–Trinajstić information content (AvgIpc) is 2.17. The summed E-state index contributed by atoms with van der Waals surface area (Å²) in [4.78, 5) is 10.5. The van der Waals surface area contributed by atoms with Crippen LogP contribution in [0.3, 0.4) is 0 Å². The Morgan fingerprint density at radius 1 is 1.57 bits per heavy atom. The molecule has 4 N–H and O–H groups in total. The van der Waals surface area contributed by atoms with Gasteiger partial charge in [-0.15, -0.1) is 0 Å². The van der Waals surface area contributed by atoms with Gasteiger partial charge in [-0.3, -0.25) is 5.43 Å². The summed E-state index contributed by atoms with van der Waals surface area (Å²) in [5, 5.41) is 3.52. The zero-order valence-corrected chi connectivity index (χ0v) is 7.20. The molecule has 0 saturated carbocycles. The number of hydrazine groups is 1. The Balaban J connectivity index is 2.56. The van der Waals surface area contributed by atoms with Gasteiger partial charge < -0.3 is 0 Å². The first-order valence-corrected chi connectivity index (χ1v) is 3.77. The molecule has 0 aliphatic heterocycles. The van der Waals surface area contributed by atoms with Crippen molar-refractivity contribution in [2.45, 2.75) is 0 Å². The summed E-state index contributed by atoms with van der Waals surface area (Å²) < 4.78 is 12.6. The van der Waals surface area contributed by atoms with E-state index in [2.05, 4.69) is 10.5 Å². The van der Waals surface area contributed by atoms with Crippen molar-refractivity contribution in [2.75, 3.05) is 0 Å². The molecular formula is C8H9FN4O.